The Bertz CT molecular complexity index is 305. The van der Waals surface area contributed by atoms with E-state index in [4.69, 9.17) is 4.74 Å². The highest BCUT2D eigenvalue weighted by Crippen LogP contribution is 2.29. The lowest BCUT2D eigenvalue weighted by molar-refractivity contribution is 0.103. The lowest BCUT2D eigenvalue weighted by Gasteiger charge is -2.20. The Morgan fingerprint density at radius 2 is 1.88 bits per heavy atom. The molecule has 0 radical (unpaired) electrons. The fourth-order valence-corrected chi connectivity index (χ4v) is 1.96. The molecule has 0 aliphatic carbocycles. The van der Waals surface area contributed by atoms with Gasteiger partial charge in [-0.05, 0) is 30.5 Å². The van der Waals surface area contributed by atoms with E-state index < -0.39 is 0 Å². The minimum atomic E-state index is -0.379. The van der Waals surface area contributed by atoms with Gasteiger partial charge in [0, 0.05) is 0 Å². The summed E-state index contributed by atoms with van der Waals surface area (Å²) in [7, 11) is 0. The molecule has 1 N–H and O–H groups in total. The molecule has 0 saturated heterocycles. The van der Waals surface area contributed by atoms with Gasteiger partial charge in [-0.2, -0.15) is 0 Å². The Morgan fingerprint density at radius 1 is 1.19 bits per heavy atom. The molecule has 0 aliphatic heterocycles. The van der Waals surface area contributed by atoms with Gasteiger partial charge in [-0.25, -0.2) is 0 Å². The molecule has 0 bridgehead atoms. The first-order valence-corrected chi connectivity index (χ1v) is 6.13. The third-order valence-corrected chi connectivity index (χ3v) is 3.01. The quantitative estimate of drug-likeness (QED) is 0.797. The van der Waals surface area contributed by atoms with Crippen LogP contribution in [-0.2, 0) is 0 Å². The highest BCUT2D eigenvalue weighted by atomic mass is 16.5. The lowest BCUT2D eigenvalue weighted by Crippen LogP contribution is -2.11. The number of aliphatic hydroxyl groups is 1. The van der Waals surface area contributed by atoms with Crippen LogP contribution in [0.15, 0.2) is 24.3 Å². The molecule has 2 heteroatoms. The molecule has 1 rings (SSSR count). The third kappa shape index (κ3) is 3.24. The van der Waals surface area contributed by atoms with E-state index in [0.717, 1.165) is 24.2 Å². The van der Waals surface area contributed by atoms with Gasteiger partial charge in [-0.1, -0.05) is 38.8 Å². The van der Waals surface area contributed by atoms with Crippen molar-refractivity contribution in [3.05, 3.63) is 29.8 Å². The molecule has 0 aromatic heterocycles. The second-order valence-corrected chi connectivity index (χ2v) is 4.03. The van der Waals surface area contributed by atoms with Crippen LogP contribution < -0.4 is 4.74 Å². The summed E-state index contributed by atoms with van der Waals surface area (Å²) in [6, 6.07) is 7.76. The molecule has 1 atom stereocenters. The number of ether oxygens (including phenoxy) is 1. The van der Waals surface area contributed by atoms with E-state index in [1.807, 2.05) is 31.2 Å². The number of benzene rings is 1. The second-order valence-electron chi connectivity index (χ2n) is 4.03. The van der Waals surface area contributed by atoms with Gasteiger partial charge < -0.3 is 9.84 Å². The molecular formula is C14H22O2. The van der Waals surface area contributed by atoms with Gasteiger partial charge >= 0.3 is 0 Å². The molecule has 0 spiro atoms. The van der Waals surface area contributed by atoms with Gasteiger partial charge in [0.1, 0.15) is 5.75 Å². The van der Waals surface area contributed by atoms with E-state index in [-0.39, 0.29) is 6.10 Å². The van der Waals surface area contributed by atoms with Gasteiger partial charge in [-0.15, -0.1) is 0 Å². The first kappa shape index (κ1) is 13.0. The van der Waals surface area contributed by atoms with Gasteiger partial charge in [0.05, 0.1) is 12.7 Å². The monoisotopic (exact) mass is 222 g/mol. The largest absolute Gasteiger partial charge is 0.494 e. The molecule has 1 aromatic rings. The smallest absolute Gasteiger partial charge is 0.119 e. The molecule has 0 amide bonds. The summed E-state index contributed by atoms with van der Waals surface area (Å²) in [5, 5.41) is 10.2. The maximum absolute atomic E-state index is 10.2. The predicted molar refractivity (Wildman–Crippen MR) is 66.6 cm³/mol. The molecule has 90 valence electrons. The molecule has 0 heterocycles. The number of rotatable bonds is 6. The van der Waals surface area contributed by atoms with Crippen molar-refractivity contribution in [2.24, 2.45) is 5.92 Å². The molecular weight excluding hydrogens is 200 g/mol. The average molecular weight is 222 g/mol. The van der Waals surface area contributed by atoms with Crippen molar-refractivity contribution >= 4 is 0 Å². The third-order valence-electron chi connectivity index (χ3n) is 3.01. The Kier molecular flexibility index (Phi) is 5.33. The topological polar surface area (TPSA) is 29.5 Å². The first-order chi connectivity index (χ1) is 7.72. The minimum absolute atomic E-state index is 0.330. The average Bonchev–Trinajstić information content (AvgIpc) is 2.31. The van der Waals surface area contributed by atoms with E-state index in [1.165, 1.54) is 0 Å². The lowest BCUT2D eigenvalue weighted by atomic mass is 9.91. The second kappa shape index (κ2) is 6.54. The fraction of sp³-hybridized carbons (Fsp3) is 0.571. The van der Waals surface area contributed by atoms with Gasteiger partial charge in [0.15, 0.2) is 0 Å². The summed E-state index contributed by atoms with van der Waals surface area (Å²) in [5.74, 6) is 1.17. The molecule has 0 fully saturated rings. The van der Waals surface area contributed by atoms with Crippen molar-refractivity contribution in [2.75, 3.05) is 6.61 Å². The van der Waals surface area contributed by atoms with Crippen LogP contribution in [0.1, 0.15) is 45.3 Å². The van der Waals surface area contributed by atoms with E-state index in [0.29, 0.717) is 12.5 Å². The SMILES string of the molecule is CCOc1cccc(C(O)C(CC)CC)c1. The fourth-order valence-electron chi connectivity index (χ4n) is 1.96. The summed E-state index contributed by atoms with van der Waals surface area (Å²) in [5.41, 5.74) is 0.958. The molecule has 1 unspecified atom stereocenters. The number of hydrogen-bond acceptors (Lipinski definition) is 2. The molecule has 1 aromatic carbocycles. The minimum Gasteiger partial charge on any atom is -0.494 e. The van der Waals surface area contributed by atoms with E-state index >= 15 is 0 Å². The van der Waals surface area contributed by atoms with Crippen LogP contribution in [0.2, 0.25) is 0 Å². The van der Waals surface area contributed by atoms with E-state index in [9.17, 15) is 5.11 Å². The van der Waals surface area contributed by atoms with E-state index in [2.05, 4.69) is 13.8 Å². The Labute approximate surface area is 98.3 Å². The number of hydrogen-bond donors (Lipinski definition) is 1. The Balaban J connectivity index is 2.81. The van der Waals surface area contributed by atoms with Crippen molar-refractivity contribution < 1.29 is 9.84 Å². The number of aliphatic hydroxyl groups excluding tert-OH is 1. The zero-order chi connectivity index (χ0) is 12.0. The summed E-state index contributed by atoms with van der Waals surface area (Å²) in [6.45, 7) is 6.85. The summed E-state index contributed by atoms with van der Waals surface area (Å²) in [4.78, 5) is 0. The summed E-state index contributed by atoms with van der Waals surface area (Å²) >= 11 is 0. The highest BCUT2D eigenvalue weighted by Gasteiger charge is 2.17. The van der Waals surface area contributed by atoms with Gasteiger partial charge in [0.25, 0.3) is 0 Å². The predicted octanol–water partition coefficient (Wildman–Crippen LogP) is 3.55. The standard InChI is InChI=1S/C14H22O2/c1-4-11(5-2)14(15)12-8-7-9-13(10-12)16-6-3/h7-11,14-15H,4-6H2,1-3H3. The van der Waals surface area contributed by atoms with Crippen LogP contribution in [0.3, 0.4) is 0 Å². The molecule has 0 saturated carbocycles. The molecule has 2 nitrogen and oxygen atoms in total. The van der Waals surface area contributed by atoms with Gasteiger partial charge in [0.2, 0.25) is 0 Å². The highest BCUT2D eigenvalue weighted by molar-refractivity contribution is 5.30. The van der Waals surface area contributed by atoms with Crippen LogP contribution in [0.5, 0.6) is 5.75 Å². The van der Waals surface area contributed by atoms with Crippen LogP contribution >= 0.6 is 0 Å². The van der Waals surface area contributed by atoms with Crippen molar-refractivity contribution in [1.82, 2.24) is 0 Å². The van der Waals surface area contributed by atoms with Crippen LogP contribution in [0, 0.1) is 5.92 Å². The van der Waals surface area contributed by atoms with Crippen LogP contribution in [0.4, 0.5) is 0 Å². The van der Waals surface area contributed by atoms with Crippen molar-refractivity contribution in [1.29, 1.82) is 0 Å². The maximum atomic E-state index is 10.2. The van der Waals surface area contributed by atoms with Crippen molar-refractivity contribution in [3.8, 4) is 5.75 Å². The first-order valence-electron chi connectivity index (χ1n) is 6.13. The Morgan fingerprint density at radius 3 is 2.44 bits per heavy atom. The normalized spacial score (nSPS) is 12.8. The zero-order valence-electron chi connectivity index (χ0n) is 10.4. The maximum Gasteiger partial charge on any atom is 0.119 e. The zero-order valence-corrected chi connectivity index (χ0v) is 10.4. The van der Waals surface area contributed by atoms with Gasteiger partial charge in [-0.3, -0.25) is 0 Å². The summed E-state index contributed by atoms with van der Waals surface area (Å²) < 4.78 is 5.43. The summed E-state index contributed by atoms with van der Waals surface area (Å²) in [6.07, 6.45) is 1.61. The van der Waals surface area contributed by atoms with Crippen molar-refractivity contribution in [3.63, 3.8) is 0 Å². The molecule has 16 heavy (non-hydrogen) atoms. The van der Waals surface area contributed by atoms with Crippen molar-refractivity contribution in [2.45, 2.75) is 39.7 Å². The molecule has 0 aliphatic rings. The van der Waals surface area contributed by atoms with E-state index in [1.54, 1.807) is 0 Å². The van der Waals surface area contributed by atoms with Crippen LogP contribution in [-0.4, -0.2) is 11.7 Å². The Hall–Kier alpha value is -1.02. The van der Waals surface area contributed by atoms with Crippen LogP contribution in [0.25, 0.3) is 0 Å².